The first-order chi connectivity index (χ1) is 13.1. The third-order valence-corrected chi connectivity index (χ3v) is 5.49. The predicted octanol–water partition coefficient (Wildman–Crippen LogP) is 1.68. The van der Waals surface area contributed by atoms with Gasteiger partial charge in [-0.25, -0.2) is 4.98 Å². The standard InChI is InChI=1S/C20H26N4O3/c1-14-4-7-24-13-16(22-18(24)11-14)12-21-19(25)15-5-8-23(9-6-15)20(26)17-3-2-10-27-17/h4,7,11,13,15,17H,2-3,5-6,8-10,12H2,1H3,(H,21,25). The van der Waals surface area contributed by atoms with Gasteiger partial charge in [-0.15, -0.1) is 0 Å². The number of fused-ring (bicyclic) bond motifs is 1. The molecule has 2 amide bonds. The zero-order chi connectivity index (χ0) is 18.8. The molecule has 2 aliphatic rings. The summed E-state index contributed by atoms with van der Waals surface area (Å²) >= 11 is 0. The lowest BCUT2D eigenvalue weighted by atomic mass is 9.95. The summed E-state index contributed by atoms with van der Waals surface area (Å²) in [4.78, 5) is 31.3. The molecular formula is C20H26N4O3. The van der Waals surface area contributed by atoms with Gasteiger partial charge < -0.3 is 19.4 Å². The molecule has 144 valence electrons. The number of pyridine rings is 1. The maximum Gasteiger partial charge on any atom is 0.251 e. The molecule has 2 aromatic rings. The number of rotatable bonds is 4. The third-order valence-electron chi connectivity index (χ3n) is 5.49. The quantitative estimate of drug-likeness (QED) is 0.888. The van der Waals surface area contributed by atoms with E-state index in [1.54, 1.807) is 0 Å². The van der Waals surface area contributed by atoms with Crippen LogP contribution in [-0.2, 0) is 20.9 Å². The lowest BCUT2D eigenvalue weighted by molar-refractivity contribution is -0.143. The predicted molar refractivity (Wildman–Crippen MR) is 100 cm³/mol. The van der Waals surface area contributed by atoms with Gasteiger partial charge in [0.05, 0.1) is 12.2 Å². The van der Waals surface area contributed by atoms with E-state index in [-0.39, 0.29) is 23.8 Å². The molecule has 4 heterocycles. The van der Waals surface area contributed by atoms with E-state index in [0.717, 1.165) is 29.7 Å². The summed E-state index contributed by atoms with van der Waals surface area (Å²) in [6.45, 7) is 4.40. The lowest BCUT2D eigenvalue weighted by Gasteiger charge is -2.32. The molecule has 2 aromatic heterocycles. The fourth-order valence-electron chi connectivity index (χ4n) is 3.88. The molecule has 7 heteroatoms. The number of hydrogen-bond acceptors (Lipinski definition) is 4. The summed E-state index contributed by atoms with van der Waals surface area (Å²) in [5, 5.41) is 3.00. The van der Waals surface area contributed by atoms with E-state index >= 15 is 0 Å². The Morgan fingerprint density at radius 2 is 2.11 bits per heavy atom. The molecule has 1 N–H and O–H groups in total. The number of carbonyl (C=O) groups is 2. The van der Waals surface area contributed by atoms with Crippen LogP contribution in [0.4, 0.5) is 0 Å². The van der Waals surface area contributed by atoms with Gasteiger partial charge >= 0.3 is 0 Å². The van der Waals surface area contributed by atoms with E-state index in [9.17, 15) is 9.59 Å². The van der Waals surface area contributed by atoms with Crippen LogP contribution < -0.4 is 5.32 Å². The van der Waals surface area contributed by atoms with Crippen molar-refractivity contribution in [2.45, 2.75) is 45.3 Å². The first-order valence-corrected chi connectivity index (χ1v) is 9.72. The monoisotopic (exact) mass is 370 g/mol. The van der Waals surface area contributed by atoms with Gasteiger partial charge in [0.1, 0.15) is 11.8 Å². The minimum Gasteiger partial charge on any atom is -0.368 e. The van der Waals surface area contributed by atoms with Gasteiger partial charge in [0.15, 0.2) is 0 Å². The van der Waals surface area contributed by atoms with E-state index in [4.69, 9.17) is 4.74 Å². The number of piperidine rings is 1. The Morgan fingerprint density at radius 3 is 2.85 bits per heavy atom. The highest BCUT2D eigenvalue weighted by Crippen LogP contribution is 2.21. The van der Waals surface area contributed by atoms with Gasteiger partial charge in [0, 0.05) is 38.0 Å². The highest BCUT2D eigenvalue weighted by Gasteiger charge is 2.32. The summed E-state index contributed by atoms with van der Waals surface area (Å²) in [5.74, 6) is 0.0941. The molecule has 0 bridgehead atoms. The Morgan fingerprint density at radius 1 is 1.30 bits per heavy atom. The molecule has 1 atom stereocenters. The molecular weight excluding hydrogens is 344 g/mol. The van der Waals surface area contributed by atoms with Crippen LogP contribution in [0.2, 0.25) is 0 Å². The van der Waals surface area contributed by atoms with Gasteiger partial charge in [-0.2, -0.15) is 0 Å². The molecule has 27 heavy (non-hydrogen) atoms. The van der Waals surface area contributed by atoms with Crippen molar-refractivity contribution in [2.24, 2.45) is 5.92 Å². The van der Waals surface area contributed by atoms with Crippen molar-refractivity contribution in [1.29, 1.82) is 0 Å². The van der Waals surface area contributed by atoms with Gasteiger partial charge in [-0.1, -0.05) is 0 Å². The summed E-state index contributed by atoms with van der Waals surface area (Å²) in [7, 11) is 0. The van der Waals surface area contributed by atoms with Crippen molar-refractivity contribution in [3.63, 3.8) is 0 Å². The van der Waals surface area contributed by atoms with E-state index in [1.807, 2.05) is 40.8 Å². The maximum atomic E-state index is 12.5. The normalized spacial score (nSPS) is 20.9. The minimum atomic E-state index is -0.269. The van der Waals surface area contributed by atoms with Crippen LogP contribution >= 0.6 is 0 Å². The molecule has 0 aliphatic carbocycles. The van der Waals surface area contributed by atoms with Crippen molar-refractivity contribution < 1.29 is 14.3 Å². The molecule has 7 nitrogen and oxygen atoms in total. The average molecular weight is 370 g/mol. The first kappa shape index (κ1) is 18.0. The average Bonchev–Trinajstić information content (AvgIpc) is 3.35. The topological polar surface area (TPSA) is 75.9 Å². The number of ether oxygens (including phenoxy) is 1. The number of aromatic nitrogens is 2. The maximum absolute atomic E-state index is 12.5. The number of hydrogen-bond donors (Lipinski definition) is 1. The fraction of sp³-hybridized carbons (Fsp3) is 0.550. The second-order valence-electron chi connectivity index (χ2n) is 7.52. The van der Waals surface area contributed by atoms with Crippen LogP contribution in [0.5, 0.6) is 0 Å². The number of likely N-dealkylation sites (tertiary alicyclic amines) is 1. The van der Waals surface area contributed by atoms with Crippen LogP contribution in [0, 0.1) is 12.8 Å². The van der Waals surface area contributed by atoms with Gasteiger partial charge in [0.25, 0.3) is 5.91 Å². The second kappa shape index (κ2) is 7.68. The van der Waals surface area contributed by atoms with Crippen LogP contribution in [-0.4, -0.2) is 51.9 Å². The van der Waals surface area contributed by atoms with Crippen LogP contribution in [0.3, 0.4) is 0 Å². The van der Waals surface area contributed by atoms with Gasteiger partial charge in [-0.05, 0) is 50.3 Å². The lowest BCUT2D eigenvalue weighted by Crippen LogP contribution is -2.46. The smallest absolute Gasteiger partial charge is 0.251 e. The summed E-state index contributed by atoms with van der Waals surface area (Å²) in [6, 6.07) is 4.05. The Balaban J connectivity index is 1.27. The van der Waals surface area contributed by atoms with Crippen molar-refractivity contribution >= 4 is 17.5 Å². The zero-order valence-electron chi connectivity index (χ0n) is 15.7. The van der Waals surface area contributed by atoms with Crippen molar-refractivity contribution in [3.8, 4) is 0 Å². The van der Waals surface area contributed by atoms with E-state index in [0.29, 0.717) is 39.1 Å². The van der Waals surface area contributed by atoms with Crippen molar-refractivity contribution in [1.82, 2.24) is 19.6 Å². The number of amides is 2. The Kier molecular flexibility index (Phi) is 5.11. The molecule has 0 aromatic carbocycles. The van der Waals surface area contributed by atoms with Crippen LogP contribution in [0.1, 0.15) is 36.9 Å². The SMILES string of the molecule is Cc1ccn2cc(CNC(=O)C3CCN(C(=O)C4CCCO4)CC3)nc2c1. The van der Waals surface area contributed by atoms with Crippen LogP contribution in [0.25, 0.3) is 5.65 Å². The summed E-state index contributed by atoms with van der Waals surface area (Å²) in [5.41, 5.74) is 2.90. The number of imidazole rings is 1. The molecule has 2 saturated heterocycles. The number of nitrogens with one attached hydrogen (secondary N) is 1. The molecule has 0 radical (unpaired) electrons. The molecule has 0 saturated carbocycles. The minimum absolute atomic E-state index is 0.0437. The van der Waals surface area contributed by atoms with Crippen molar-refractivity contribution in [3.05, 3.63) is 35.8 Å². The second-order valence-corrected chi connectivity index (χ2v) is 7.52. The summed E-state index contributed by atoms with van der Waals surface area (Å²) in [6.07, 6.45) is 6.83. The largest absolute Gasteiger partial charge is 0.368 e. The van der Waals surface area contributed by atoms with E-state index < -0.39 is 0 Å². The van der Waals surface area contributed by atoms with E-state index in [1.165, 1.54) is 0 Å². The molecule has 1 unspecified atom stereocenters. The van der Waals surface area contributed by atoms with Gasteiger partial charge in [0.2, 0.25) is 5.91 Å². The Hall–Kier alpha value is -2.41. The number of aryl methyl sites for hydroxylation is 1. The Bertz CT molecular complexity index is 833. The highest BCUT2D eigenvalue weighted by molar-refractivity contribution is 5.82. The van der Waals surface area contributed by atoms with Crippen LogP contribution in [0.15, 0.2) is 24.5 Å². The van der Waals surface area contributed by atoms with Gasteiger partial charge in [-0.3, -0.25) is 9.59 Å². The summed E-state index contributed by atoms with van der Waals surface area (Å²) < 4.78 is 7.44. The zero-order valence-corrected chi connectivity index (χ0v) is 15.7. The molecule has 4 rings (SSSR count). The molecule has 2 fully saturated rings. The first-order valence-electron chi connectivity index (χ1n) is 9.72. The number of carbonyl (C=O) groups excluding carboxylic acids is 2. The third kappa shape index (κ3) is 3.98. The molecule has 2 aliphatic heterocycles. The Labute approximate surface area is 158 Å². The fourth-order valence-corrected chi connectivity index (χ4v) is 3.88. The highest BCUT2D eigenvalue weighted by atomic mass is 16.5. The number of nitrogens with zero attached hydrogens (tertiary/aromatic N) is 3. The van der Waals surface area contributed by atoms with E-state index in [2.05, 4.69) is 10.3 Å². The molecule has 0 spiro atoms. The van der Waals surface area contributed by atoms with Crippen molar-refractivity contribution in [2.75, 3.05) is 19.7 Å².